The molecule has 3 rings (SSSR count). The number of benzene rings is 1. The summed E-state index contributed by atoms with van der Waals surface area (Å²) in [6.07, 6.45) is 0.0188. The van der Waals surface area contributed by atoms with E-state index >= 15 is 0 Å². The van der Waals surface area contributed by atoms with Crippen LogP contribution in [0.4, 0.5) is 8.78 Å². The lowest BCUT2D eigenvalue weighted by molar-refractivity contribution is -0.142. The molecule has 1 heterocycles. The summed E-state index contributed by atoms with van der Waals surface area (Å²) in [5, 5.41) is 9.08. The molecule has 1 fully saturated rings. The molecule has 1 N–H and O–H groups in total. The minimum absolute atomic E-state index is 0.00995. The van der Waals surface area contributed by atoms with Crippen LogP contribution in [0.2, 0.25) is 0 Å². The molecule has 0 spiro atoms. The molecule has 18 heavy (non-hydrogen) atoms. The third-order valence-corrected chi connectivity index (χ3v) is 3.74. The maximum Gasteiger partial charge on any atom is 0.320 e. The minimum atomic E-state index is -3.15. The summed E-state index contributed by atoms with van der Waals surface area (Å²) >= 11 is 0. The smallest absolute Gasteiger partial charge is 0.320 e. The van der Waals surface area contributed by atoms with Gasteiger partial charge in [-0.25, -0.2) is 8.78 Å². The van der Waals surface area contributed by atoms with Crippen molar-refractivity contribution >= 4 is 5.97 Å². The molecule has 1 aliphatic carbocycles. The van der Waals surface area contributed by atoms with E-state index < -0.39 is 23.7 Å². The van der Waals surface area contributed by atoms with Crippen LogP contribution >= 0.6 is 0 Å². The Morgan fingerprint density at radius 3 is 2.72 bits per heavy atom. The second-order valence-electron chi connectivity index (χ2n) is 5.05. The van der Waals surface area contributed by atoms with Gasteiger partial charge in [-0.1, -0.05) is 12.1 Å². The van der Waals surface area contributed by atoms with E-state index in [1.165, 1.54) is 6.07 Å². The molecular weight excluding hydrogens is 242 g/mol. The Morgan fingerprint density at radius 1 is 1.50 bits per heavy atom. The summed E-state index contributed by atoms with van der Waals surface area (Å²) in [5.74, 6) is -3.95. The monoisotopic (exact) mass is 254 g/mol. The van der Waals surface area contributed by atoms with Crippen LogP contribution < -0.4 is 4.74 Å². The van der Waals surface area contributed by atoms with Crippen LogP contribution in [0.3, 0.4) is 0 Å². The average Bonchev–Trinajstić information content (AvgIpc) is 2.68. The molecule has 3 nitrogen and oxygen atoms in total. The average molecular weight is 254 g/mol. The summed E-state index contributed by atoms with van der Waals surface area (Å²) in [6.45, 7) is 1.89. The van der Waals surface area contributed by atoms with E-state index in [1.807, 2.05) is 6.92 Å². The lowest BCUT2D eigenvalue weighted by Crippen LogP contribution is -2.27. The molecule has 1 aromatic rings. The van der Waals surface area contributed by atoms with Gasteiger partial charge in [-0.05, 0) is 24.1 Å². The van der Waals surface area contributed by atoms with Crippen LogP contribution in [0.5, 0.6) is 5.75 Å². The SMILES string of the molecule is CC1Cc2cc(C3(C(=O)O)CC3(F)F)ccc2O1. The van der Waals surface area contributed by atoms with Crippen LogP contribution in [0.15, 0.2) is 18.2 Å². The van der Waals surface area contributed by atoms with Gasteiger partial charge in [0.05, 0.1) is 0 Å². The Hall–Kier alpha value is -1.65. The molecule has 0 radical (unpaired) electrons. The van der Waals surface area contributed by atoms with Crippen molar-refractivity contribution in [2.75, 3.05) is 0 Å². The summed E-state index contributed by atoms with van der Waals surface area (Å²) in [4.78, 5) is 11.2. The zero-order chi connectivity index (χ0) is 13.1. The molecule has 2 unspecified atom stereocenters. The Bertz CT molecular complexity index is 541. The first-order valence-corrected chi connectivity index (χ1v) is 5.78. The Morgan fingerprint density at radius 2 is 2.17 bits per heavy atom. The van der Waals surface area contributed by atoms with Crippen molar-refractivity contribution in [1.82, 2.24) is 0 Å². The van der Waals surface area contributed by atoms with Crippen LogP contribution in [0, 0.1) is 0 Å². The number of hydrogen-bond donors (Lipinski definition) is 1. The second kappa shape index (κ2) is 3.22. The third kappa shape index (κ3) is 1.30. The fourth-order valence-corrected chi connectivity index (χ4v) is 2.65. The van der Waals surface area contributed by atoms with Crippen molar-refractivity contribution in [3.05, 3.63) is 29.3 Å². The van der Waals surface area contributed by atoms with Crippen LogP contribution in [-0.4, -0.2) is 23.1 Å². The predicted molar refractivity (Wildman–Crippen MR) is 59.1 cm³/mol. The topological polar surface area (TPSA) is 46.5 Å². The Labute approximate surface area is 102 Å². The van der Waals surface area contributed by atoms with Gasteiger partial charge in [0.25, 0.3) is 5.92 Å². The maximum absolute atomic E-state index is 13.4. The number of aliphatic carboxylic acids is 1. The number of hydrogen-bond acceptors (Lipinski definition) is 2. The Kier molecular flexibility index (Phi) is 2.04. The third-order valence-electron chi connectivity index (χ3n) is 3.74. The van der Waals surface area contributed by atoms with Crippen LogP contribution in [-0.2, 0) is 16.6 Å². The van der Waals surface area contributed by atoms with Crippen LogP contribution in [0.25, 0.3) is 0 Å². The van der Waals surface area contributed by atoms with Gasteiger partial charge < -0.3 is 9.84 Å². The van der Waals surface area contributed by atoms with E-state index in [4.69, 9.17) is 9.84 Å². The number of carboxylic acid groups (broad SMARTS) is 1. The standard InChI is InChI=1S/C13H12F2O3/c1-7-4-8-5-9(2-3-10(8)18-7)12(11(16)17)6-13(12,14)15/h2-3,5,7H,4,6H2,1H3,(H,16,17). The fraction of sp³-hybridized carbons (Fsp3) is 0.462. The molecule has 0 saturated heterocycles. The van der Waals surface area contributed by atoms with Crippen molar-refractivity contribution in [2.45, 2.75) is 37.2 Å². The van der Waals surface area contributed by atoms with E-state index in [-0.39, 0.29) is 11.7 Å². The molecule has 0 amide bonds. The molecule has 0 aromatic heterocycles. The molecular formula is C13H12F2O3. The van der Waals surface area contributed by atoms with Crippen molar-refractivity contribution in [2.24, 2.45) is 0 Å². The van der Waals surface area contributed by atoms with Crippen molar-refractivity contribution < 1.29 is 23.4 Å². The highest BCUT2D eigenvalue weighted by Crippen LogP contribution is 2.62. The quantitative estimate of drug-likeness (QED) is 0.881. The summed E-state index contributed by atoms with van der Waals surface area (Å²) < 4.78 is 32.3. The molecule has 2 aliphatic rings. The molecule has 1 aliphatic heterocycles. The lowest BCUT2D eigenvalue weighted by atomic mass is 9.93. The van der Waals surface area contributed by atoms with Crippen molar-refractivity contribution in [1.29, 1.82) is 0 Å². The molecule has 1 saturated carbocycles. The van der Waals surface area contributed by atoms with E-state index in [9.17, 15) is 13.6 Å². The number of alkyl halides is 2. The van der Waals surface area contributed by atoms with Crippen molar-refractivity contribution in [3.8, 4) is 5.75 Å². The largest absolute Gasteiger partial charge is 0.490 e. The number of carbonyl (C=O) groups is 1. The highest BCUT2D eigenvalue weighted by Gasteiger charge is 2.77. The maximum atomic E-state index is 13.4. The Balaban J connectivity index is 2.04. The molecule has 5 heteroatoms. The minimum Gasteiger partial charge on any atom is -0.490 e. The number of fused-ring (bicyclic) bond motifs is 1. The van der Waals surface area contributed by atoms with Gasteiger partial charge >= 0.3 is 5.97 Å². The number of halogens is 2. The van der Waals surface area contributed by atoms with E-state index in [0.29, 0.717) is 12.2 Å². The molecule has 96 valence electrons. The highest BCUT2D eigenvalue weighted by atomic mass is 19.3. The second-order valence-corrected chi connectivity index (χ2v) is 5.05. The van der Waals surface area contributed by atoms with Gasteiger partial charge in [0.2, 0.25) is 0 Å². The van der Waals surface area contributed by atoms with Gasteiger partial charge in [-0.2, -0.15) is 0 Å². The number of carboxylic acids is 1. The molecule has 1 aromatic carbocycles. The van der Waals surface area contributed by atoms with Gasteiger partial charge in [0.1, 0.15) is 11.9 Å². The highest BCUT2D eigenvalue weighted by molar-refractivity contribution is 5.88. The first-order chi connectivity index (χ1) is 8.37. The molecule has 0 bridgehead atoms. The zero-order valence-electron chi connectivity index (χ0n) is 9.74. The van der Waals surface area contributed by atoms with Crippen LogP contribution in [0.1, 0.15) is 24.5 Å². The van der Waals surface area contributed by atoms with Gasteiger partial charge in [-0.15, -0.1) is 0 Å². The summed E-state index contributed by atoms with van der Waals surface area (Å²) in [7, 11) is 0. The zero-order valence-corrected chi connectivity index (χ0v) is 9.74. The number of ether oxygens (including phenoxy) is 1. The summed E-state index contributed by atoms with van der Waals surface area (Å²) in [6, 6.07) is 4.58. The van der Waals surface area contributed by atoms with E-state index in [0.717, 1.165) is 5.56 Å². The fourth-order valence-electron chi connectivity index (χ4n) is 2.65. The van der Waals surface area contributed by atoms with E-state index in [2.05, 4.69) is 0 Å². The first-order valence-electron chi connectivity index (χ1n) is 5.78. The molecule has 2 atom stereocenters. The normalized spacial score (nSPS) is 31.6. The van der Waals surface area contributed by atoms with Gasteiger partial charge in [0.15, 0.2) is 5.41 Å². The summed E-state index contributed by atoms with van der Waals surface area (Å²) in [5.41, 5.74) is -1.05. The first kappa shape index (κ1) is 11.4. The number of rotatable bonds is 2. The van der Waals surface area contributed by atoms with E-state index in [1.54, 1.807) is 12.1 Å². The van der Waals surface area contributed by atoms with Crippen molar-refractivity contribution in [3.63, 3.8) is 0 Å². The van der Waals surface area contributed by atoms with Gasteiger partial charge in [0, 0.05) is 12.8 Å². The lowest BCUT2D eigenvalue weighted by Gasteiger charge is -2.12. The predicted octanol–water partition coefficient (Wildman–Crippen LogP) is 2.37. The van der Waals surface area contributed by atoms with Gasteiger partial charge in [-0.3, -0.25) is 4.79 Å².